The predicted octanol–water partition coefficient (Wildman–Crippen LogP) is 3.43. The van der Waals surface area contributed by atoms with Gasteiger partial charge in [0.15, 0.2) is 16.7 Å². The third kappa shape index (κ3) is 5.83. The highest BCUT2D eigenvalue weighted by Gasteiger charge is 2.32. The smallest absolute Gasteiger partial charge is 0.305 e. The molecule has 0 aliphatic carbocycles. The predicted molar refractivity (Wildman–Crippen MR) is 118 cm³/mol. The average molecular weight is 492 g/mol. The largest absolute Gasteiger partial charge is 0.493 e. The molecule has 2 N–H and O–H groups in total. The Balaban J connectivity index is 1.73. The number of ether oxygens (including phenoxy) is 2. The summed E-state index contributed by atoms with van der Waals surface area (Å²) < 4.78 is 12.3. The van der Waals surface area contributed by atoms with Gasteiger partial charge in [-0.1, -0.05) is 45.9 Å². The molecule has 1 atom stereocenters. The molecule has 0 spiro atoms. The van der Waals surface area contributed by atoms with Crippen LogP contribution in [0.25, 0.3) is 0 Å². The fourth-order valence-corrected chi connectivity index (χ4v) is 3.75. The Morgan fingerprint density at radius 1 is 1.30 bits per heavy atom. The van der Waals surface area contributed by atoms with Crippen LogP contribution < -0.4 is 14.8 Å². The number of carbonyl (C=O) groups is 2. The highest BCUT2D eigenvalue weighted by molar-refractivity contribution is 9.10. The van der Waals surface area contributed by atoms with E-state index in [1.165, 1.54) is 6.21 Å². The fraction of sp³-hybridized carbons (Fsp3) is 0.200. The highest BCUT2D eigenvalue weighted by atomic mass is 79.9. The van der Waals surface area contributed by atoms with Crippen LogP contribution >= 0.6 is 27.7 Å². The lowest BCUT2D eigenvalue weighted by Gasteiger charge is -2.13. The van der Waals surface area contributed by atoms with E-state index in [-0.39, 0.29) is 11.6 Å². The zero-order chi connectivity index (χ0) is 21.5. The van der Waals surface area contributed by atoms with E-state index in [1.807, 2.05) is 24.3 Å². The van der Waals surface area contributed by atoms with Crippen molar-refractivity contribution < 1.29 is 24.2 Å². The maximum absolute atomic E-state index is 11.8. The number of hydrogen-bond donors (Lipinski definition) is 2. The maximum atomic E-state index is 11.8. The van der Waals surface area contributed by atoms with Crippen molar-refractivity contribution in [3.05, 3.63) is 58.1 Å². The number of para-hydroxylation sites is 1. The minimum atomic E-state index is -1.05. The van der Waals surface area contributed by atoms with Crippen LogP contribution in [0.2, 0.25) is 0 Å². The number of halogens is 1. The van der Waals surface area contributed by atoms with Crippen LogP contribution in [-0.2, 0) is 16.2 Å². The number of carbonyl (C=O) groups excluding carboxylic acids is 1. The van der Waals surface area contributed by atoms with Crippen LogP contribution in [-0.4, -0.2) is 40.7 Å². The Bertz CT molecular complexity index is 994. The second-order valence-corrected chi connectivity index (χ2v) is 8.24. The zero-order valence-corrected chi connectivity index (χ0v) is 18.3. The van der Waals surface area contributed by atoms with E-state index in [2.05, 4.69) is 31.4 Å². The van der Waals surface area contributed by atoms with Gasteiger partial charge in [-0.05, 0) is 29.8 Å². The summed E-state index contributed by atoms with van der Waals surface area (Å²) in [6.07, 6.45) is 1.22. The number of carboxylic acid groups (broad SMARTS) is 1. The number of aliphatic carboxylic acids is 1. The first-order chi connectivity index (χ1) is 14.5. The van der Waals surface area contributed by atoms with Crippen molar-refractivity contribution in [1.82, 2.24) is 5.32 Å². The SMILES string of the molecule is COc1cccc(/C=N\N=C2\NC(=O)[C@@H](CC(=O)O)S2)c1OCc1ccc(Br)cc1. The topological polar surface area (TPSA) is 110 Å². The summed E-state index contributed by atoms with van der Waals surface area (Å²) in [5.74, 6) is -0.375. The van der Waals surface area contributed by atoms with Crippen molar-refractivity contribution >= 4 is 51.0 Å². The number of thioether (sulfide) groups is 1. The van der Waals surface area contributed by atoms with Crippen molar-refractivity contribution in [2.75, 3.05) is 7.11 Å². The molecule has 0 radical (unpaired) electrons. The van der Waals surface area contributed by atoms with Gasteiger partial charge in [-0.15, -0.1) is 5.10 Å². The van der Waals surface area contributed by atoms with Crippen LogP contribution in [0, 0.1) is 0 Å². The first kappa shape index (κ1) is 21.8. The molecule has 156 valence electrons. The second kappa shape index (κ2) is 10.3. The van der Waals surface area contributed by atoms with Gasteiger partial charge in [0.1, 0.15) is 11.9 Å². The fourth-order valence-electron chi connectivity index (χ4n) is 2.57. The first-order valence-corrected chi connectivity index (χ1v) is 10.5. The van der Waals surface area contributed by atoms with Crippen LogP contribution in [0.1, 0.15) is 17.5 Å². The van der Waals surface area contributed by atoms with E-state index in [0.29, 0.717) is 23.7 Å². The Kier molecular flexibility index (Phi) is 7.47. The molecule has 30 heavy (non-hydrogen) atoms. The molecule has 0 bridgehead atoms. The normalized spacial score (nSPS) is 17.3. The number of benzene rings is 2. The van der Waals surface area contributed by atoms with E-state index in [4.69, 9.17) is 14.6 Å². The molecule has 0 unspecified atom stereocenters. The standard InChI is InChI=1S/C20H18BrN3O5S/c1-28-15-4-2-3-13(18(15)29-11-12-5-7-14(21)8-6-12)10-22-24-20-23-19(27)16(30-20)9-17(25)26/h2-8,10,16H,9,11H2,1H3,(H,25,26)(H,23,24,27)/b22-10-/t16-/m1/s1. The molecule has 2 aromatic rings. The van der Waals surface area contributed by atoms with E-state index >= 15 is 0 Å². The van der Waals surface area contributed by atoms with Gasteiger partial charge < -0.3 is 19.9 Å². The average Bonchev–Trinajstić information content (AvgIpc) is 3.06. The van der Waals surface area contributed by atoms with E-state index < -0.39 is 17.1 Å². The molecule has 1 fully saturated rings. The Morgan fingerprint density at radius 3 is 2.77 bits per heavy atom. The van der Waals surface area contributed by atoms with Crippen molar-refractivity contribution in [2.24, 2.45) is 10.2 Å². The maximum Gasteiger partial charge on any atom is 0.305 e. The van der Waals surface area contributed by atoms with Crippen molar-refractivity contribution in [2.45, 2.75) is 18.3 Å². The van der Waals surface area contributed by atoms with Crippen LogP contribution in [0.3, 0.4) is 0 Å². The first-order valence-electron chi connectivity index (χ1n) is 8.81. The summed E-state index contributed by atoms with van der Waals surface area (Å²) in [7, 11) is 1.55. The molecule has 10 heteroatoms. The number of amides is 1. The second-order valence-electron chi connectivity index (χ2n) is 6.14. The molecule has 1 saturated heterocycles. The molecule has 1 heterocycles. The molecule has 2 aromatic carbocycles. The lowest BCUT2D eigenvalue weighted by molar-refractivity contribution is -0.138. The number of amidine groups is 1. The summed E-state index contributed by atoms with van der Waals surface area (Å²) >= 11 is 4.44. The van der Waals surface area contributed by atoms with Gasteiger partial charge >= 0.3 is 5.97 Å². The molecule has 1 aliphatic heterocycles. The molecule has 0 aromatic heterocycles. The van der Waals surface area contributed by atoms with Crippen LogP contribution in [0.5, 0.6) is 11.5 Å². The van der Waals surface area contributed by atoms with E-state index in [1.54, 1.807) is 25.3 Å². The number of rotatable bonds is 8. The summed E-state index contributed by atoms with van der Waals surface area (Å²) in [4.78, 5) is 22.6. The van der Waals surface area contributed by atoms with E-state index in [0.717, 1.165) is 21.8 Å². The third-order valence-electron chi connectivity index (χ3n) is 4.01. The number of hydrogen-bond acceptors (Lipinski definition) is 7. The molecule has 0 saturated carbocycles. The van der Waals surface area contributed by atoms with Gasteiger partial charge in [-0.3, -0.25) is 9.59 Å². The minimum Gasteiger partial charge on any atom is -0.493 e. The summed E-state index contributed by atoms with van der Waals surface area (Å²) in [6.45, 7) is 0.339. The summed E-state index contributed by atoms with van der Waals surface area (Å²) in [5, 5.41) is 18.9. The van der Waals surface area contributed by atoms with Crippen molar-refractivity contribution in [1.29, 1.82) is 0 Å². The Labute approximate surface area is 185 Å². The molecule has 8 nitrogen and oxygen atoms in total. The molecular weight excluding hydrogens is 474 g/mol. The van der Waals surface area contributed by atoms with Gasteiger partial charge in [0, 0.05) is 10.0 Å². The number of nitrogens with one attached hydrogen (secondary N) is 1. The van der Waals surface area contributed by atoms with Crippen LogP contribution in [0.15, 0.2) is 57.1 Å². The summed E-state index contributed by atoms with van der Waals surface area (Å²) in [6, 6.07) is 13.2. The van der Waals surface area contributed by atoms with Gasteiger partial charge in [0.2, 0.25) is 5.91 Å². The van der Waals surface area contributed by atoms with Gasteiger partial charge in [0.25, 0.3) is 0 Å². The molecule has 3 rings (SSSR count). The minimum absolute atomic E-state index is 0.253. The molecular formula is C20H18BrN3O5S. The lowest BCUT2D eigenvalue weighted by atomic mass is 10.2. The number of nitrogens with zero attached hydrogens (tertiary/aromatic N) is 2. The summed E-state index contributed by atoms with van der Waals surface area (Å²) in [5.41, 5.74) is 1.63. The Morgan fingerprint density at radius 2 is 2.07 bits per heavy atom. The zero-order valence-electron chi connectivity index (χ0n) is 15.9. The van der Waals surface area contributed by atoms with Crippen molar-refractivity contribution in [3.63, 3.8) is 0 Å². The van der Waals surface area contributed by atoms with Crippen molar-refractivity contribution in [3.8, 4) is 11.5 Å². The van der Waals surface area contributed by atoms with Crippen LogP contribution in [0.4, 0.5) is 0 Å². The molecule has 1 aliphatic rings. The van der Waals surface area contributed by atoms with E-state index in [9.17, 15) is 9.59 Å². The number of methoxy groups -OCH3 is 1. The van der Waals surface area contributed by atoms with Gasteiger partial charge in [0.05, 0.1) is 19.7 Å². The quantitative estimate of drug-likeness (QED) is 0.432. The number of carboxylic acids is 1. The van der Waals surface area contributed by atoms with Gasteiger partial charge in [-0.2, -0.15) is 5.10 Å². The Hall–Kier alpha value is -2.85. The third-order valence-corrected chi connectivity index (χ3v) is 5.61. The highest BCUT2D eigenvalue weighted by Crippen LogP contribution is 2.31. The van der Waals surface area contributed by atoms with Gasteiger partial charge in [-0.25, -0.2) is 0 Å². The monoisotopic (exact) mass is 491 g/mol. The molecule has 1 amide bonds. The lowest BCUT2D eigenvalue weighted by Crippen LogP contribution is -2.26.